The minimum Gasteiger partial charge on any atom is -0.476 e. The lowest BCUT2D eigenvalue weighted by Gasteiger charge is -2.28. The highest BCUT2D eigenvalue weighted by Gasteiger charge is 2.33. The first-order chi connectivity index (χ1) is 16.2. The molecule has 0 aromatic heterocycles. The summed E-state index contributed by atoms with van der Waals surface area (Å²) in [6.45, 7) is 4.37. The summed E-state index contributed by atoms with van der Waals surface area (Å²) in [5.41, 5.74) is 1.08. The summed E-state index contributed by atoms with van der Waals surface area (Å²) in [4.78, 5) is 13.2. The van der Waals surface area contributed by atoms with Crippen molar-refractivity contribution < 1.29 is 31.8 Å². The monoisotopic (exact) mass is 511 g/mol. The number of carboxylic acid groups (broad SMARTS) is 1. The minimum absolute atomic E-state index is 0.00964. The van der Waals surface area contributed by atoms with Crippen LogP contribution in [0.2, 0.25) is 0 Å². The van der Waals surface area contributed by atoms with Gasteiger partial charge < -0.3 is 14.7 Å². The van der Waals surface area contributed by atoms with E-state index in [2.05, 4.69) is 0 Å². The molecule has 0 aliphatic carbocycles. The third kappa shape index (κ3) is 6.09. The van der Waals surface area contributed by atoms with E-state index in [1.54, 1.807) is 18.2 Å². The van der Waals surface area contributed by atoms with Crippen LogP contribution in [0.25, 0.3) is 0 Å². The quantitative estimate of drug-likeness (QED) is 0.253. The second-order valence-corrected chi connectivity index (χ2v) is 11.3. The van der Waals surface area contributed by atoms with E-state index in [-0.39, 0.29) is 22.3 Å². The summed E-state index contributed by atoms with van der Waals surface area (Å²) in [7, 11) is -3.75. The molecule has 1 heterocycles. The number of hydrogen-bond acceptors (Lipinski definition) is 6. The summed E-state index contributed by atoms with van der Waals surface area (Å²) in [5.74, 6) is -3.24. The van der Waals surface area contributed by atoms with Gasteiger partial charge in [0.15, 0.2) is 9.84 Å². The number of unbranched alkanes of at least 4 members (excludes halogenated alkanes) is 1. The van der Waals surface area contributed by atoms with E-state index < -0.39 is 27.5 Å². The van der Waals surface area contributed by atoms with Crippen molar-refractivity contribution in [3.05, 3.63) is 54.3 Å². The predicted molar refractivity (Wildman–Crippen MR) is 129 cm³/mol. The second kappa shape index (κ2) is 11.2. The third-order valence-electron chi connectivity index (χ3n) is 5.44. The van der Waals surface area contributed by atoms with Gasteiger partial charge in [0.1, 0.15) is 17.8 Å². The number of halogens is 2. The number of carboxylic acids is 1. The van der Waals surface area contributed by atoms with Crippen LogP contribution < -0.4 is 9.64 Å². The molecule has 1 atom stereocenters. The van der Waals surface area contributed by atoms with E-state index >= 15 is 0 Å². The Morgan fingerprint density at radius 1 is 1.26 bits per heavy atom. The van der Waals surface area contributed by atoms with Crippen LogP contribution in [0.3, 0.4) is 0 Å². The largest absolute Gasteiger partial charge is 0.476 e. The van der Waals surface area contributed by atoms with E-state index in [0.29, 0.717) is 41.3 Å². The number of aliphatic carboxylic acids is 1. The number of fused-ring (bicyclic) bond motifs is 1. The van der Waals surface area contributed by atoms with Gasteiger partial charge in [0.05, 0.1) is 21.2 Å². The molecule has 6 nitrogen and oxygen atoms in total. The van der Waals surface area contributed by atoms with Crippen LogP contribution in [0, 0.1) is 11.7 Å². The first-order valence-electron chi connectivity index (χ1n) is 11.0. The predicted octanol–water partition coefficient (Wildman–Crippen LogP) is 5.94. The molecule has 34 heavy (non-hydrogen) atoms. The molecule has 0 saturated heterocycles. The van der Waals surface area contributed by atoms with Crippen LogP contribution in [0.5, 0.6) is 5.75 Å². The number of benzene rings is 2. The number of sulfone groups is 1. The molecule has 0 radical (unpaired) electrons. The van der Waals surface area contributed by atoms with Gasteiger partial charge in [-0.05, 0) is 48.4 Å². The fourth-order valence-electron chi connectivity index (χ4n) is 3.86. The van der Waals surface area contributed by atoms with Crippen LogP contribution in [-0.4, -0.2) is 37.5 Å². The molecule has 0 bridgehead atoms. The highest BCUT2D eigenvalue weighted by Crippen LogP contribution is 2.43. The molecule has 2 aromatic rings. The molecular weight excluding hydrogens is 484 g/mol. The molecule has 1 unspecified atom stereocenters. The summed E-state index contributed by atoms with van der Waals surface area (Å²) in [6, 6.07) is 8.86. The summed E-state index contributed by atoms with van der Waals surface area (Å²) in [5, 5.41) is 8.77. The Kier molecular flexibility index (Phi) is 8.59. The smallest absolute Gasteiger partial charge is 0.368 e. The SMILES string of the molecule is CCCCC1CN(c2ccc(F)cc2)c2cc(SCC)c(O/C=C(\F)C(=O)O)cc2S(=O)(=O)C1. The molecule has 2 aromatic carbocycles. The zero-order valence-corrected chi connectivity index (χ0v) is 20.6. The average molecular weight is 512 g/mol. The fraction of sp³-hybridized carbons (Fsp3) is 0.375. The van der Waals surface area contributed by atoms with E-state index in [1.165, 1.54) is 30.0 Å². The number of ether oxygens (including phenoxy) is 1. The van der Waals surface area contributed by atoms with E-state index in [4.69, 9.17) is 9.84 Å². The lowest BCUT2D eigenvalue weighted by molar-refractivity contribution is -0.134. The fourth-order valence-corrected chi connectivity index (χ4v) is 6.46. The maximum atomic E-state index is 13.6. The normalized spacial score (nSPS) is 17.7. The van der Waals surface area contributed by atoms with E-state index in [1.807, 2.05) is 18.7 Å². The van der Waals surface area contributed by atoms with Gasteiger partial charge in [0, 0.05) is 18.3 Å². The molecule has 1 N–H and O–H groups in total. The van der Waals surface area contributed by atoms with Crippen LogP contribution in [0.1, 0.15) is 33.1 Å². The highest BCUT2D eigenvalue weighted by atomic mass is 32.2. The number of carbonyl (C=O) groups is 1. The Balaban J connectivity index is 2.19. The highest BCUT2D eigenvalue weighted by molar-refractivity contribution is 7.99. The molecule has 0 spiro atoms. The number of anilines is 2. The maximum Gasteiger partial charge on any atom is 0.368 e. The van der Waals surface area contributed by atoms with Crippen molar-refractivity contribution >= 4 is 38.9 Å². The maximum absolute atomic E-state index is 13.6. The number of thioether (sulfide) groups is 1. The van der Waals surface area contributed by atoms with Crippen molar-refractivity contribution in [3.63, 3.8) is 0 Å². The topological polar surface area (TPSA) is 83.9 Å². The first-order valence-corrected chi connectivity index (χ1v) is 13.6. The van der Waals surface area contributed by atoms with Crippen LogP contribution in [-0.2, 0) is 14.6 Å². The van der Waals surface area contributed by atoms with Crippen LogP contribution in [0.4, 0.5) is 20.2 Å². The van der Waals surface area contributed by atoms with Gasteiger partial charge in [-0.1, -0.05) is 26.7 Å². The number of nitrogens with zero attached hydrogens (tertiary/aromatic N) is 1. The summed E-state index contributed by atoms with van der Waals surface area (Å²) >= 11 is 1.35. The van der Waals surface area contributed by atoms with E-state index in [9.17, 15) is 22.0 Å². The number of hydrogen-bond donors (Lipinski definition) is 1. The van der Waals surface area contributed by atoms with Crippen molar-refractivity contribution in [3.8, 4) is 5.75 Å². The van der Waals surface area contributed by atoms with Gasteiger partial charge in [0.25, 0.3) is 0 Å². The molecule has 0 amide bonds. The molecule has 1 aliphatic rings. The van der Waals surface area contributed by atoms with Gasteiger partial charge in [-0.2, -0.15) is 4.39 Å². The number of rotatable bonds is 9. The Morgan fingerprint density at radius 3 is 2.59 bits per heavy atom. The van der Waals surface area contributed by atoms with Gasteiger partial charge >= 0.3 is 5.97 Å². The average Bonchev–Trinajstić information content (AvgIpc) is 2.90. The molecular formula is C24H27F2NO5S2. The van der Waals surface area contributed by atoms with Gasteiger partial charge in [-0.15, -0.1) is 11.8 Å². The lowest BCUT2D eigenvalue weighted by Crippen LogP contribution is -2.26. The molecule has 184 valence electrons. The van der Waals surface area contributed by atoms with Crippen LogP contribution >= 0.6 is 11.8 Å². The minimum atomic E-state index is -3.75. The van der Waals surface area contributed by atoms with Gasteiger partial charge in [0.2, 0.25) is 5.83 Å². The Labute approximate surface area is 202 Å². The van der Waals surface area contributed by atoms with Gasteiger partial charge in [-0.25, -0.2) is 17.6 Å². The standard InChI is InChI=1S/C24H27F2NO5S2/c1-3-5-6-16-13-27(18-9-7-17(25)8-10-18)20-11-22(33-4-2)21(32-14-19(26)24(28)29)12-23(20)34(30,31)15-16/h7-12,14,16H,3-6,13,15H2,1-2H3,(H,28,29)/b19-14-. The second-order valence-electron chi connectivity index (χ2n) is 7.97. The van der Waals surface area contributed by atoms with E-state index in [0.717, 1.165) is 12.8 Å². The Bertz CT molecular complexity index is 1170. The molecule has 3 rings (SSSR count). The molecule has 0 fully saturated rings. The van der Waals surface area contributed by atoms with Crippen molar-refractivity contribution in [1.29, 1.82) is 0 Å². The zero-order valence-electron chi connectivity index (χ0n) is 19.0. The molecule has 1 aliphatic heterocycles. The zero-order chi connectivity index (χ0) is 24.9. The summed E-state index contributed by atoms with van der Waals surface area (Å²) in [6.07, 6.45) is 2.97. The van der Waals surface area contributed by atoms with Crippen LogP contribution in [0.15, 0.2) is 58.3 Å². The Morgan fingerprint density at radius 2 is 1.97 bits per heavy atom. The van der Waals surface area contributed by atoms with Crippen molar-refractivity contribution in [1.82, 2.24) is 0 Å². The lowest BCUT2D eigenvalue weighted by atomic mass is 10.0. The van der Waals surface area contributed by atoms with Gasteiger partial charge in [-0.3, -0.25) is 0 Å². The van der Waals surface area contributed by atoms with Crippen molar-refractivity contribution in [2.75, 3.05) is 23.0 Å². The van der Waals surface area contributed by atoms with Crippen molar-refractivity contribution in [2.45, 2.75) is 42.9 Å². The molecule has 0 saturated carbocycles. The first kappa shape index (κ1) is 26.0. The third-order valence-corrected chi connectivity index (χ3v) is 8.27. The molecule has 10 heteroatoms. The summed E-state index contributed by atoms with van der Waals surface area (Å²) < 4.78 is 59.3. The van der Waals surface area contributed by atoms with Crippen molar-refractivity contribution in [2.24, 2.45) is 5.92 Å². The Hall–Kier alpha value is -2.59.